The van der Waals surface area contributed by atoms with E-state index in [1.807, 2.05) is 30.3 Å². The van der Waals surface area contributed by atoms with Crippen molar-refractivity contribution in [2.24, 2.45) is 0 Å². The highest BCUT2D eigenvalue weighted by Gasteiger charge is 2.20. The molecule has 0 saturated carbocycles. The van der Waals surface area contributed by atoms with Gasteiger partial charge in [-0.15, -0.1) is 0 Å². The minimum atomic E-state index is -0.512. The summed E-state index contributed by atoms with van der Waals surface area (Å²) in [5.41, 5.74) is 2.09. The molecule has 25 heavy (non-hydrogen) atoms. The highest BCUT2D eigenvalue weighted by molar-refractivity contribution is 9.10. The number of benzene rings is 2. The lowest BCUT2D eigenvalue weighted by Crippen LogP contribution is -2.27. The zero-order chi connectivity index (χ0) is 17.6. The summed E-state index contributed by atoms with van der Waals surface area (Å²) in [5.74, 6) is 0.359. The summed E-state index contributed by atoms with van der Waals surface area (Å²) in [4.78, 5) is 11.8. The predicted molar refractivity (Wildman–Crippen MR) is 96.2 cm³/mol. The molecule has 0 fully saturated rings. The molecule has 6 heteroatoms. The van der Waals surface area contributed by atoms with Crippen LogP contribution in [0.5, 0.6) is 5.75 Å². The molecular weight excluding hydrogens is 389 g/mol. The summed E-state index contributed by atoms with van der Waals surface area (Å²) < 4.78 is 26.0. The van der Waals surface area contributed by atoms with Crippen molar-refractivity contribution in [3.8, 4) is 5.75 Å². The van der Waals surface area contributed by atoms with Crippen molar-refractivity contribution < 1.29 is 18.7 Å². The standard InChI is InChI=1S/C19H19BrFNO3/c20-16-11-17-15(7-4-10-24-17)18(21)14(16)8-9-22-19(23)25-12-13-5-2-1-3-6-13/h1-3,5-6,11H,4,7-10,12H2,(H,22,23). The highest BCUT2D eigenvalue weighted by atomic mass is 79.9. The molecular formula is C19H19BrFNO3. The number of carbonyl (C=O) groups is 1. The van der Waals surface area contributed by atoms with Crippen molar-refractivity contribution in [1.82, 2.24) is 5.32 Å². The molecule has 0 saturated heterocycles. The van der Waals surface area contributed by atoms with E-state index < -0.39 is 6.09 Å². The molecule has 4 nitrogen and oxygen atoms in total. The summed E-state index contributed by atoms with van der Waals surface area (Å²) in [5, 5.41) is 2.66. The molecule has 0 spiro atoms. The van der Waals surface area contributed by atoms with Crippen molar-refractivity contribution in [3.63, 3.8) is 0 Å². The van der Waals surface area contributed by atoms with E-state index in [1.165, 1.54) is 0 Å². The molecule has 0 atom stereocenters. The van der Waals surface area contributed by atoms with Crippen molar-refractivity contribution >= 4 is 22.0 Å². The maximum absolute atomic E-state index is 14.7. The third-order valence-corrected chi connectivity index (χ3v) is 4.77. The Morgan fingerprint density at radius 1 is 1.32 bits per heavy atom. The molecule has 2 aromatic carbocycles. The van der Waals surface area contributed by atoms with E-state index in [0.717, 1.165) is 12.0 Å². The van der Waals surface area contributed by atoms with Crippen molar-refractivity contribution in [2.45, 2.75) is 25.9 Å². The maximum Gasteiger partial charge on any atom is 0.407 e. The number of halogens is 2. The number of fused-ring (bicyclic) bond motifs is 1. The Hall–Kier alpha value is -2.08. The highest BCUT2D eigenvalue weighted by Crippen LogP contribution is 2.34. The Kier molecular flexibility index (Phi) is 5.91. The molecule has 0 unspecified atom stereocenters. The summed E-state index contributed by atoms with van der Waals surface area (Å²) >= 11 is 3.39. The number of amides is 1. The molecule has 1 aliphatic heterocycles. The van der Waals surface area contributed by atoms with Gasteiger partial charge < -0.3 is 14.8 Å². The largest absolute Gasteiger partial charge is 0.493 e. The van der Waals surface area contributed by atoms with Gasteiger partial charge in [0.1, 0.15) is 18.2 Å². The summed E-state index contributed by atoms with van der Waals surface area (Å²) in [6.07, 6.45) is 1.35. The Morgan fingerprint density at radius 2 is 2.12 bits per heavy atom. The summed E-state index contributed by atoms with van der Waals surface area (Å²) in [6.45, 7) is 1.12. The molecule has 0 aliphatic carbocycles. The molecule has 3 rings (SSSR count). The number of hydrogen-bond donors (Lipinski definition) is 1. The first-order valence-corrected chi connectivity index (χ1v) is 9.01. The van der Waals surface area contributed by atoms with Crippen LogP contribution < -0.4 is 10.1 Å². The van der Waals surface area contributed by atoms with Crippen LogP contribution in [0.4, 0.5) is 9.18 Å². The monoisotopic (exact) mass is 407 g/mol. The van der Waals surface area contributed by atoms with Crippen molar-refractivity contribution in [1.29, 1.82) is 0 Å². The van der Waals surface area contributed by atoms with Crippen molar-refractivity contribution in [3.05, 3.63) is 63.4 Å². The molecule has 2 aromatic rings. The zero-order valence-electron chi connectivity index (χ0n) is 13.7. The normalized spacial score (nSPS) is 12.9. The van der Waals surface area contributed by atoms with Gasteiger partial charge in [-0.1, -0.05) is 46.3 Å². The van der Waals surface area contributed by atoms with Gasteiger partial charge in [0.25, 0.3) is 0 Å². The Labute approximate surface area is 154 Å². The fourth-order valence-electron chi connectivity index (χ4n) is 2.77. The van der Waals surface area contributed by atoms with Gasteiger partial charge in [-0.3, -0.25) is 0 Å². The molecule has 0 aromatic heterocycles. The van der Waals surface area contributed by atoms with Crippen LogP contribution in [-0.4, -0.2) is 19.2 Å². The Balaban J connectivity index is 1.52. The van der Waals surface area contributed by atoms with Gasteiger partial charge in [0.2, 0.25) is 0 Å². The molecule has 1 heterocycles. The van der Waals surface area contributed by atoms with E-state index in [9.17, 15) is 9.18 Å². The fourth-order valence-corrected chi connectivity index (χ4v) is 3.35. The first-order valence-electron chi connectivity index (χ1n) is 8.22. The maximum atomic E-state index is 14.7. The average Bonchev–Trinajstić information content (AvgIpc) is 2.63. The van der Waals surface area contributed by atoms with Gasteiger partial charge in [0, 0.05) is 22.1 Å². The third-order valence-electron chi connectivity index (χ3n) is 4.06. The second-order valence-corrected chi connectivity index (χ2v) is 6.67. The second kappa shape index (κ2) is 8.34. The van der Waals surface area contributed by atoms with Crippen molar-refractivity contribution in [2.75, 3.05) is 13.2 Å². The number of hydrogen-bond acceptors (Lipinski definition) is 3. The zero-order valence-corrected chi connectivity index (χ0v) is 15.3. The first-order chi connectivity index (χ1) is 12.1. The van der Waals surface area contributed by atoms with Crippen LogP contribution in [-0.2, 0) is 24.2 Å². The molecule has 1 aliphatic rings. The van der Waals surface area contributed by atoms with Crippen LogP contribution >= 0.6 is 15.9 Å². The van der Waals surface area contributed by atoms with Crippen LogP contribution in [0.15, 0.2) is 40.9 Å². The predicted octanol–water partition coefficient (Wildman–Crippen LogP) is 4.38. The topological polar surface area (TPSA) is 47.6 Å². The molecule has 1 N–H and O–H groups in total. The van der Waals surface area contributed by atoms with Gasteiger partial charge in [0.15, 0.2) is 0 Å². The molecule has 1 amide bonds. The van der Waals surface area contributed by atoms with E-state index in [1.54, 1.807) is 6.07 Å². The molecule has 0 radical (unpaired) electrons. The van der Waals surface area contributed by atoms with Crippen LogP contribution in [0.2, 0.25) is 0 Å². The quantitative estimate of drug-likeness (QED) is 0.799. The lowest BCUT2D eigenvalue weighted by Gasteiger charge is -2.20. The summed E-state index contributed by atoms with van der Waals surface area (Å²) in [7, 11) is 0. The number of carbonyl (C=O) groups excluding carboxylic acids is 1. The number of ether oxygens (including phenoxy) is 2. The number of nitrogens with one attached hydrogen (secondary N) is 1. The second-order valence-electron chi connectivity index (χ2n) is 5.82. The van der Waals surface area contributed by atoms with Crippen LogP contribution in [0.25, 0.3) is 0 Å². The lowest BCUT2D eigenvalue weighted by atomic mass is 10.0. The SMILES string of the molecule is O=C(NCCc1c(Br)cc2c(c1F)CCCO2)OCc1ccccc1. The van der Waals surface area contributed by atoms with E-state index in [0.29, 0.717) is 47.3 Å². The first kappa shape index (κ1) is 17.7. The number of alkyl carbamates (subject to hydrolysis) is 1. The van der Waals surface area contributed by atoms with Gasteiger partial charge in [-0.2, -0.15) is 0 Å². The van der Waals surface area contributed by atoms with Crippen LogP contribution in [0, 0.1) is 5.82 Å². The third kappa shape index (κ3) is 4.51. The fraction of sp³-hybridized carbons (Fsp3) is 0.316. The van der Waals surface area contributed by atoms with Gasteiger partial charge in [0.05, 0.1) is 6.61 Å². The summed E-state index contributed by atoms with van der Waals surface area (Å²) in [6, 6.07) is 11.2. The minimum absolute atomic E-state index is 0.209. The average molecular weight is 408 g/mol. The van der Waals surface area contributed by atoms with E-state index in [4.69, 9.17) is 9.47 Å². The minimum Gasteiger partial charge on any atom is -0.493 e. The van der Waals surface area contributed by atoms with E-state index in [2.05, 4.69) is 21.2 Å². The Morgan fingerprint density at radius 3 is 2.92 bits per heavy atom. The van der Waals surface area contributed by atoms with Gasteiger partial charge in [-0.05, 0) is 30.9 Å². The number of rotatable bonds is 5. The van der Waals surface area contributed by atoms with Gasteiger partial charge >= 0.3 is 6.09 Å². The van der Waals surface area contributed by atoms with E-state index in [-0.39, 0.29) is 12.4 Å². The lowest BCUT2D eigenvalue weighted by molar-refractivity contribution is 0.140. The van der Waals surface area contributed by atoms with E-state index >= 15 is 0 Å². The molecule has 0 bridgehead atoms. The smallest absolute Gasteiger partial charge is 0.407 e. The Bertz CT molecular complexity index is 752. The molecule has 132 valence electrons. The van der Waals surface area contributed by atoms with Gasteiger partial charge in [-0.25, -0.2) is 9.18 Å². The van der Waals surface area contributed by atoms with Crippen LogP contribution in [0.3, 0.4) is 0 Å². The van der Waals surface area contributed by atoms with Crippen LogP contribution in [0.1, 0.15) is 23.1 Å².